The lowest BCUT2D eigenvalue weighted by molar-refractivity contribution is -0.124. The van der Waals surface area contributed by atoms with E-state index in [0.717, 1.165) is 42.7 Å². The first kappa shape index (κ1) is 23.8. The molecule has 2 aromatic carbocycles. The van der Waals surface area contributed by atoms with Crippen LogP contribution in [0.4, 0.5) is 5.69 Å². The summed E-state index contributed by atoms with van der Waals surface area (Å²) in [6.45, 7) is 8.56. The molecule has 33 heavy (non-hydrogen) atoms. The minimum Gasteiger partial charge on any atom is -0.353 e. The number of hydrogen-bond donors (Lipinski definition) is 2. The van der Waals surface area contributed by atoms with Gasteiger partial charge in [0.1, 0.15) is 0 Å². The van der Waals surface area contributed by atoms with Crippen LogP contribution in [0.2, 0.25) is 0 Å². The second-order valence-corrected chi connectivity index (χ2v) is 12.7. The van der Waals surface area contributed by atoms with Crippen molar-refractivity contribution in [2.45, 2.75) is 88.0 Å². The van der Waals surface area contributed by atoms with Crippen LogP contribution in [0.25, 0.3) is 0 Å². The summed E-state index contributed by atoms with van der Waals surface area (Å²) in [7, 11) is -3.68. The van der Waals surface area contributed by atoms with Gasteiger partial charge < -0.3 is 5.32 Å². The van der Waals surface area contributed by atoms with Crippen LogP contribution in [0.5, 0.6) is 0 Å². The summed E-state index contributed by atoms with van der Waals surface area (Å²) in [6, 6.07) is 14.6. The Morgan fingerprint density at radius 2 is 1.48 bits per heavy atom. The van der Waals surface area contributed by atoms with Gasteiger partial charge in [-0.1, -0.05) is 52.0 Å². The lowest BCUT2D eigenvalue weighted by atomic mass is 9.86. The molecule has 0 unspecified atom stereocenters. The lowest BCUT2D eigenvalue weighted by Crippen LogP contribution is -2.43. The average Bonchev–Trinajstić information content (AvgIpc) is 3.57. The van der Waals surface area contributed by atoms with Crippen molar-refractivity contribution in [3.05, 3.63) is 59.7 Å². The van der Waals surface area contributed by atoms with Crippen LogP contribution in [0, 0.1) is 5.92 Å². The van der Waals surface area contributed by atoms with Crippen LogP contribution in [0.3, 0.4) is 0 Å². The van der Waals surface area contributed by atoms with E-state index in [2.05, 4.69) is 37.7 Å². The number of sulfonamides is 1. The van der Waals surface area contributed by atoms with Crippen molar-refractivity contribution in [2.24, 2.45) is 5.92 Å². The summed E-state index contributed by atoms with van der Waals surface area (Å²) in [5, 5.41) is 3.28. The average molecular weight is 469 g/mol. The largest absolute Gasteiger partial charge is 0.353 e. The molecule has 4 rings (SSSR count). The minimum atomic E-state index is -3.68. The standard InChI is InChI=1S/C27H36N2O3S/c1-19-5-11-22(12-6-19)28-25(30)27(17-18-27)21-7-13-23(14-8-21)29-33(31,32)24-15-9-20(10-16-24)26(2,3)4/h7-10,13-16,19,22,29H,5-6,11-12,17-18H2,1-4H3,(H,28,30). The van der Waals surface area contributed by atoms with Gasteiger partial charge in [-0.05, 0) is 85.3 Å². The number of benzene rings is 2. The number of carbonyl (C=O) groups is 1. The maximum Gasteiger partial charge on any atom is 0.261 e. The highest BCUT2D eigenvalue weighted by molar-refractivity contribution is 7.92. The molecule has 0 saturated heterocycles. The second-order valence-electron chi connectivity index (χ2n) is 11.0. The first-order chi connectivity index (χ1) is 15.5. The highest BCUT2D eigenvalue weighted by Gasteiger charge is 2.51. The Labute approximate surface area is 198 Å². The smallest absolute Gasteiger partial charge is 0.261 e. The van der Waals surface area contributed by atoms with Crippen LogP contribution < -0.4 is 10.0 Å². The van der Waals surface area contributed by atoms with Crippen molar-refractivity contribution in [3.63, 3.8) is 0 Å². The minimum absolute atomic E-state index is 0.0357. The van der Waals surface area contributed by atoms with Crippen LogP contribution in [0.1, 0.15) is 77.3 Å². The Hall–Kier alpha value is -2.34. The van der Waals surface area contributed by atoms with Crippen molar-refractivity contribution in [2.75, 3.05) is 4.72 Å². The Morgan fingerprint density at radius 1 is 0.909 bits per heavy atom. The van der Waals surface area contributed by atoms with Crippen LogP contribution in [-0.2, 0) is 25.6 Å². The molecule has 0 radical (unpaired) electrons. The molecule has 5 nitrogen and oxygen atoms in total. The van der Waals surface area contributed by atoms with Gasteiger partial charge in [-0.3, -0.25) is 9.52 Å². The van der Waals surface area contributed by atoms with Crippen molar-refractivity contribution in [3.8, 4) is 0 Å². The van der Waals surface area contributed by atoms with Crippen molar-refractivity contribution < 1.29 is 13.2 Å². The number of amides is 1. The summed E-state index contributed by atoms with van der Waals surface area (Å²) in [5.74, 6) is 0.870. The summed E-state index contributed by atoms with van der Waals surface area (Å²) < 4.78 is 28.3. The monoisotopic (exact) mass is 468 g/mol. The maximum atomic E-state index is 13.1. The van der Waals surface area contributed by atoms with Gasteiger partial charge >= 0.3 is 0 Å². The van der Waals surface area contributed by atoms with E-state index in [0.29, 0.717) is 5.69 Å². The third-order valence-corrected chi connectivity index (χ3v) is 8.65. The molecule has 1 amide bonds. The van der Waals surface area contributed by atoms with E-state index < -0.39 is 15.4 Å². The number of anilines is 1. The van der Waals surface area contributed by atoms with Crippen LogP contribution in [0.15, 0.2) is 53.4 Å². The number of carbonyl (C=O) groups excluding carboxylic acids is 1. The number of nitrogens with one attached hydrogen (secondary N) is 2. The summed E-state index contributed by atoms with van der Waals surface area (Å²) in [4.78, 5) is 13.3. The zero-order valence-corrected chi connectivity index (χ0v) is 21.0. The van der Waals surface area contributed by atoms with Crippen molar-refractivity contribution in [1.29, 1.82) is 0 Å². The van der Waals surface area contributed by atoms with E-state index >= 15 is 0 Å². The quantitative estimate of drug-likeness (QED) is 0.587. The predicted octanol–water partition coefficient (Wildman–Crippen LogP) is 5.51. The van der Waals surface area contributed by atoms with Gasteiger partial charge in [0.05, 0.1) is 10.3 Å². The fourth-order valence-corrected chi connectivity index (χ4v) is 5.76. The number of rotatable bonds is 6. The van der Waals surface area contributed by atoms with E-state index in [9.17, 15) is 13.2 Å². The van der Waals surface area contributed by atoms with E-state index in [1.54, 1.807) is 24.3 Å². The maximum absolute atomic E-state index is 13.1. The lowest BCUT2D eigenvalue weighted by Gasteiger charge is -2.28. The highest BCUT2D eigenvalue weighted by Crippen LogP contribution is 2.49. The normalized spacial score (nSPS) is 22.4. The molecule has 2 saturated carbocycles. The molecule has 0 spiro atoms. The molecular weight excluding hydrogens is 432 g/mol. The molecular formula is C27H36N2O3S. The van der Waals surface area contributed by atoms with Crippen molar-refractivity contribution >= 4 is 21.6 Å². The Bertz CT molecular complexity index is 1090. The van der Waals surface area contributed by atoms with E-state index in [-0.39, 0.29) is 22.3 Å². The van der Waals surface area contributed by atoms with Gasteiger partial charge in [0.25, 0.3) is 10.0 Å². The van der Waals surface area contributed by atoms with Gasteiger partial charge in [0.15, 0.2) is 0 Å². The molecule has 0 aromatic heterocycles. The van der Waals surface area contributed by atoms with Gasteiger partial charge in [0.2, 0.25) is 5.91 Å². The predicted molar refractivity (Wildman–Crippen MR) is 133 cm³/mol. The third kappa shape index (κ3) is 5.26. The van der Waals surface area contributed by atoms with Gasteiger partial charge in [0, 0.05) is 11.7 Å². The third-order valence-electron chi connectivity index (χ3n) is 7.26. The molecule has 178 valence electrons. The molecule has 2 aliphatic carbocycles. The Morgan fingerprint density at radius 3 is 2.00 bits per heavy atom. The molecule has 2 N–H and O–H groups in total. The van der Waals surface area contributed by atoms with Crippen molar-refractivity contribution in [1.82, 2.24) is 5.32 Å². The van der Waals surface area contributed by atoms with E-state index in [4.69, 9.17) is 0 Å². The first-order valence-corrected chi connectivity index (χ1v) is 13.5. The molecule has 0 heterocycles. The van der Waals surface area contributed by atoms with Crippen LogP contribution >= 0.6 is 0 Å². The topological polar surface area (TPSA) is 75.3 Å². The molecule has 2 fully saturated rings. The van der Waals surface area contributed by atoms with E-state index in [1.807, 2.05) is 24.3 Å². The fourth-order valence-electron chi connectivity index (χ4n) is 4.71. The zero-order valence-electron chi connectivity index (χ0n) is 20.1. The fraction of sp³-hybridized carbons (Fsp3) is 0.519. The van der Waals surface area contributed by atoms with Gasteiger partial charge in [-0.25, -0.2) is 8.42 Å². The second kappa shape index (κ2) is 8.79. The molecule has 2 aliphatic rings. The van der Waals surface area contributed by atoms with Crippen LogP contribution in [-0.4, -0.2) is 20.4 Å². The molecule has 0 bridgehead atoms. The van der Waals surface area contributed by atoms with E-state index in [1.165, 1.54) is 12.8 Å². The van der Waals surface area contributed by atoms with Gasteiger partial charge in [-0.2, -0.15) is 0 Å². The summed E-state index contributed by atoms with van der Waals surface area (Å²) in [6.07, 6.45) is 6.14. The Kier molecular flexibility index (Phi) is 6.34. The number of hydrogen-bond acceptors (Lipinski definition) is 3. The summed E-state index contributed by atoms with van der Waals surface area (Å²) in [5.41, 5.74) is 2.05. The first-order valence-electron chi connectivity index (χ1n) is 12.0. The highest BCUT2D eigenvalue weighted by atomic mass is 32.2. The zero-order chi connectivity index (χ0) is 23.9. The summed E-state index contributed by atoms with van der Waals surface area (Å²) >= 11 is 0. The Balaban J connectivity index is 1.42. The molecule has 0 aliphatic heterocycles. The SMILES string of the molecule is CC1CCC(NC(=O)C2(c3ccc(NS(=O)(=O)c4ccc(C(C)(C)C)cc4)cc3)CC2)CC1. The van der Waals surface area contributed by atoms with Gasteiger partial charge in [-0.15, -0.1) is 0 Å². The molecule has 0 atom stereocenters. The molecule has 6 heteroatoms. The molecule has 2 aromatic rings.